The molecular weight excluding hydrogens is 446 g/mol. The van der Waals surface area contributed by atoms with Crippen LogP contribution in [0.1, 0.15) is 47.3 Å². The number of para-hydroxylation sites is 1. The van der Waals surface area contributed by atoms with Crippen molar-refractivity contribution in [1.82, 2.24) is 10.2 Å². The predicted octanol–water partition coefficient (Wildman–Crippen LogP) is 5.68. The highest BCUT2D eigenvalue weighted by molar-refractivity contribution is 6.30. The molecule has 0 saturated carbocycles. The van der Waals surface area contributed by atoms with Crippen molar-refractivity contribution in [2.45, 2.75) is 32.4 Å². The molecule has 3 aromatic carbocycles. The van der Waals surface area contributed by atoms with Crippen molar-refractivity contribution in [2.24, 2.45) is 5.92 Å². The highest BCUT2D eigenvalue weighted by Gasteiger charge is 2.26. The molecule has 4 rings (SSSR count). The first kappa shape index (κ1) is 24.0. The topological polar surface area (TPSA) is 61.4 Å². The molecule has 6 heteroatoms. The molecule has 2 amide bonds. The van der Waals surface area contributed by atoms with Crippen molar-refractivity contribution in [1.29, 1.82) is 0 Å². The molecule has 2 N–H and O–H groups in total. The van der Waals surface area contributed by atoms with E-state index in [9.17, 15) is 9.59 Å². The normalized spacial score (nSPS) is 15.5. The molecule has 0 bridgehead atoms. The van der Waals surface area contributed by atoms with E-state index in [-0.39, 0.29) is 23.8 Å². The maximum absolute atomic E-state index is 13.0. The summed E-state index contributed by atoms with van der Waals surface area (Å²) in [5.41, 5.74) is 3.27. The van der Waals surface area contributed by atoms with E-state index in [0.29, 0.717) is 11.3 Å². The van der Waals surface area contributed by atoms with E-state index in [1.807, 2.05) is 73.7 Å². The summed E-state index contributed by atoms with van der Waals surface area (Å²) in [6.07, 6.45) is 1.58. The molecule has 1 heterocycles. The number of hydrogen-bond donors (Lipinski definition) is 2. The third-order valence-electron chi connectivity index (χ3n) is 6.35. The number of halogens is 1. The number of benzene rings is 3. The van der Waals surface area contributed by atoms with Gasteiger partial charge < -0.3 is 10.6 Å². The van der Waals surface area contributed by atoms with Gasteiger partial charge in [0.25, 0.3) is 5.91 Å². The smallest absolute Gasteiger partial charge is 0.253 e. The quantitative estimate of drug-likeness (QED) is 0.462. The molecule has 1 aliphatic heterocycles. The van der Waals surface area contributed by atoms with E-state index in [4.69, 9.17) is 11.6 Å². The average molecular weight is 476 g/mol. The standard InChI is InChI=1S/C28H30ClN3O2/c1-20(22-7-3-2-4-8-22)30-28(34)25-9-5-6-10-26(25)31-27(33)23-15-17-32(18-16-23)19-21-11-13-24(29)14-12-21/h2-14,20,23H,15-19H2,1H3,(H,30,34)(H,31,33)/t20-/m0/s1. The molecule has 0 aliphatic carbocycles. The highest BCUT2D eigenvalue weighted by atomic mass is 35.5. The summed E-state index contributed by atoms with van der Waals surface area (Å²) in [7, 11) is 0. The average Bonchev–Trinajstić information content (AvgIpc) is 2.86. The Morgan fingerprint density at radius 3 is 2.29 bits per heavy atom. The first-order valence-corrected chi connectivity index (χ1v) is 12.1. The zero-order valence-corrected chi connectivity index (χ0v) is 20.1. The number of carbonyl (C=O) groups is 2. The van der Waals surface area contributed by atoms with E-state index < -0.39 is 0 Å². The Kier molecular flexibility index (Phi) is 7.99. The van der Waals surface area contributed by atoms with Crippen molar-refractivity contribution < 1.29 is 9.59 Å². The van der Waals surface area contributed by atoms with Crippen LogP contribution >= 0.6 is 11.6 Å². The fourth-order valence-electron chi connectivity index (χ4n) is 4.33. The van der Waals surface area contributed by atoms with Crippen LogP contribution < -0.4 is 10.6 Å². The Labute approximate surface area is 206 Å². The van der Waals surface area contributed by atoms with Crippen molar-refractivity contribution in [3.8, 4) is 0 Å². The number of piperidine rings is 1. The number of anilines is 1. The van der Waals surface area contributed by atoms with Crippen LogP contribution in [0.25, 0.3) is 0 Å². The Morgan fingerprint density at radius 2 is 1.59 bits per heavy atom. The molecule has 1 fully saturated rings. The van der Waals surface area contributed by atoms with Gasteiger partial charge in [0, 0.05) is 17.5 Å². The van der Waals surface area contributed by atoms with Gasteiger partial charge in [-0.1, -0.05) is 66.2 Å². The maximum atomic E-state index is 13.0. The number of carbonyl (C=O) groups excluding carboxylic acids is 2. The van der Waals surface area contributed by atoms with Gasteiger partial charge in [0.1, 0.15) is 0 Å². The fourth-order valence-corrected chi connectivity index (χ4v) is 4.45. The van der Waals surface area contributed by atoms with Gasteiger partial charge in [0.15, 0.2) is 0 Å². The number of hydrogen-bond acceptors (Lipinski definition) is 3. The molecule has 176 valence electrons. The van der Waals surface area contributed by atoms with E-state index in [1.54, 1.807) is 12.1 Å². The Morgan fingerprint density at radius 1 is 0.941 bits per heavy atom. The molecule has 0 aromatic heterocycles. The molecule has 1 aliphatic rings. The lowest BCUT2D eigenvalue weighted by atomic mass is 9.95. The lowest BCUT2D eigenvalue weighted by Crippen LogP contribution is -2.38. The number of likely N-dealkylation sites (tertiary alicyclic amines) is 1. The monoisotopic (exact) mass is 475 g/mol. The van der Waals surface area contributed by atoms with Crippen LogP contribution in [0.4, 0.5) is 5.69 Å². The van der Waals surface area contributed by atoms with Crippen LogP contribution in [-0.4, -0.2) is 29.8 Å². The Bertz CT molecular complexity index is 1110. The van der Waals surface area contributed by atoms with E-state index >= 15 is 0 Å². The van der Waals surface area contributed by atoms with Crippen LogP contribution in [-0.2, 0) is 11.3 Å². The summed E-state index contributed by atoms with van der Waals surface area (Å²) in [5.74, 6) is -0.298. The number of amides is 2. The van der Waals surface area contributed by atoms with Gasteiger partial charge in [-0.3, -0.25) is 14.5 Å². The molecule has 0 spiro atoms. The number of nitrogens with one attached hydrogen (secondary N) is 2. The molecule has 1 saturated heterocycles. The second-order valence-electron chi connectivity index (χ2n) is 8.82. The molecular formula is C28H30ClN3O2. The van der Waals surface area contributed by atoms with E-state index in [2.05, 4.69) is 15.5 Å². The first-order chi connectivity index (χ1) is 16.5. The highest BCUT2D eigenvalue weighted by Crippen LogP contribution is 2.23. The van der Waals surface area contributed by atoms with Gasteiger partial charge in [-0.2, -0.15) is 0 Å². The summed E-state index contributed by atoms with van der Waals surface area (Å²) in [6, 6.07) is 24.8. The zero-order valence-electron chi connectivity index (χ0n) is 19.3. The van der Waals surface area contributed by atoms with Crippen LogP contribution in [0.2, 0.25) is 5.02 Å². The SMILES string of the molecule is C[C@H](NC(=O)c1ccccc1NC(=O)C1CCN(Cc2ccc(Cl)cc2)CC1)c1ccccc1. The van der Waals surface area contributed by atoms with E-state index in [1.165, 1.54) is 5.56 Å². The molecule has 5 nitrogen and oxygen atoms in total. The van der Waals surface area contributed by atoms with Crippen molar-refractivity contribution in [3.63, 3.8) is 0 Å². The second kappa shape index (κ2) is 11.3. The Hall–Kier alpha value is -3.15. The molecule has 34 heavy (non-hydrogen) atoms. The van der Waals surface area contributed by atoms with Gasteiger partial charge >= 0.3 is 0 Å². The minimum Gasteiger partial charge on any atom is -0.345 e. The van der Waals surface area contributed by atoms with E-state index in [0.717, 1.165) is 43.1 Å². The molecule has 1 atom stereocenters. The van der Waals surface area contributed by atoms with Crippen molar-refractivity contribution in [2.75, 3.05) is 18.4 Å². The summed E-state index contributed by atoms with van der Waals surface area (Å²) in [4.78, 5) is 28.3. The van der Waals surface area contributed by atoms with Gasteiger partial charge in [-0.25, -0.2) is 0 Å². The lowest BCUT2D eigenvalue weighted by molar-refractivity contribution is -0.121. The van der Waals surface area contributed by atoms with Crippen molar-refractivity contribution in [3.05, 3.63) is 101 Å². The summed E-state index contributed by atoms with van der Waals surface area (Å²) in [5, 5.41) is 6.78. The molecule has 0 radical (unpaired) electrons. The summed E-state index contributed by atoms with van der Waals surface area (Å²) >= 11 is 5.98. The van der Waals surface area contributed by atoms with Gasteiger partial charge in [0.2, 0.25) is 5.91 Å². The van der Waals surface area contributed by atoms with Crippen LogP contribution in [0.5, 0.6) is 0 Å². The largest absolute Gasteiger partial charge is 0.345 e. The molecule has 0 unspecified atom stereocenters. The zero-order chi connectivity index (χ0) is 23.9. The van der Waals surface area contributed by atoms with Gasteiger partial charge in [0.05, 0.1) is 17.3 Å². The fraction of sp³-hybridized carbons (Fsp3) is 0.286. The lowest BCUT2D eigenvalue weighted by Gasteiger charge is -2.31. The van der Waals surface area contributed by atoms with Gasteiger partial charge in [-0.15, -0.1) is 0 Å². The van der Waals surface area contributed by atoms with Crippen LogP contribution in [0.15, 0.2) is 78.9 Å². The molecule has 3 aromatic rings. The van der Waals surface area contributed by atoms with Crippen LogP contribution in [0, 0.1) is 5.92 Å². The number of rotatable bonds is 7. The van der Waals surface area contributed by atoms with Gasteiger partial charge in [-0.05, 0) is 68.2 Å². The minimum atomic E-state index is -0.204. The van der Waals surface area contributed by atoms with Crippen LogP contribution in [0.3, 0.4) is 0 Å². The number of nitrogens with zero attached hydrogens (tertiary/aromatic N) is 1. The summed E-state index contributed by atoms with van der Waals surface area (Å²) in [6.45, 7) is 4.52. The third kappa shape index (κ3) is 6.25. The maximum Gasteiger partial charge on any atom is 0.253 e. The second-order valence-corrected chi connectivity index (χ2v) is 9.25. The first-order valence-electron chi connectivity index (χ1n) is 11.7. The summed E-state index contributed by atoms with van der Waals surface area (Å²) < 4.78 is 0. The minimum absolute atomic E-state index is 0.0255. The predicted molar refractivity (Wildman–Crippen MR) is 137 cm³/mol. The third-order valence-corrected chi connectivity index (χ3v) is 6.61. The Balaban J connectivity index is 1.33. The van der Waals surface area contributed by atoms with Crippen molar-refractivity contribution >= 4 is 29.1 Å².